The molecule has 2 aromatic rings. The van der Waals surface area contributed by atoms with E-state index in [1.165, 1.54) is 49.0 Å². The second-order valence-corrected chi connectivity index (χ2v) is 6.90. The summed E-state index contributed by atoms with van der Waals surface area (Å²) >= 11 is 0. The van der Waals surface area contributed by atoms with E-state index < -0.39 is 0 Å². The first-order chi connectivity index (χ1) is 11.8. The fourth-order valence-electron chi connectivity index (χ4n) is 4.30. The number of piperidine rings is 1. The summed E-state index contributed by atoms with van der Waals surface area (Å²) in [6.07, 6.45) is 6.23. The van der Waals surface area contributed by atoms with Gasteiger partial charge < -0.3 is 5.01 Å². The van der Waals surface area contributed by atoms with Crippen LogP contribution in [0.3, 0.4) is 0 Å². The molecule has 2 aromatic carbocycles. The Balaban J connectivity index is 1.69. The Bertz CT molecular complexity index is 710. The molecule has 2 aliphatic heterocycles. The summed E-state index contributed by atoms with van der Waals surface area (Å²) in [5.41, 5.74) is 5.11. The summed E-state index contributed by atoms with van der Waals surface area (Å²) in [5, 5.41) is 5.11. The molecule has 0 radical (unpaired) electrons. The third-order valence-corrected chi connectivity index (χ3v) is 5.54. The molecule has 2 nitrogen and oxygen atoms in total. The van der Waals surface area contributed by atoms with Crippen LogP contribution in [0.25, 0.3) is 11.1 Å². The van der Waals surface area contributed by atoms with Crippen molar-refractivity contribution in [3.63, 3.8) is 0 Å². The van der Waals surface area contributed by atoms with Crippen LogP contribution >= 0.6 is 0 Å². The van der Waals surface area contributed by atoms with Gasteiger partial charge in [-0.05, 0) is 60.6 Å². The zero-order chi connectivity index (χ0) is 16.5. The fraction of sp³-hybridized carbons (Fsp3) is 0.429. The quantitative estimate of drug-likeness (QED) is 0.781. The van der Waals surface area contributed by atoms with Crippen LogP contribution in [0.1, 0.15) is 38.2 Å². The van der Waals surface area contributed by atoms with Crippen LogP contribution in [0.5, 0.6) is 0 Å². The number of hydrogen-bond donors (Lipinski definition) is 0. The number of anilines is 1. The Kier molecular flexibility index (Phi) is 4.28. The fourth-order valence-corrected chi connectivity index (χ4v) is 4.30. The van der Waals surface area contributed by atoms with Crippen LogP contribution in [-0.2, 0) is 6.42 Å². The Morgan fingerprint density at radius 1 is 1.04 bits per heavy atom. The molecule has 2 heterocycles. The summed E-state index contributed by atoms with van der Waals surface area (Å²) in [4.78, 5) is 0. The first kappa shape index (κ1) is 15.6. The molecule has 1 saturated heterocycles. The minimum absolute atomic E-state index is 0.174. The highest BCUT2D eigenvalue weighted by Gasteiger charge is 2.31. The summed E-state index contributed by atoms with van der Waals surface area (Å²) < 4.78 is 13.2. The Labute approximate surface area is 143 Å². The van der Waals surface area contributed by atoms with Crippen LogP contribution in [0.15, 0.2) is 42.5 Å². The number of hydrogen-bond acceptors (Lipinski definition) is 2. The normalized spacial score (nSPS) is 21.1. The SMILES string of the molecule is CCC1CCCCN1N1CCc2c(-c3ccc(F)cc3)cccc21. The van der Waals surface area contributed by atoms with E-state index in [1.807, 2.05) is 12.1 Å². The monoisotopic (exact) mass is 324 g/mol. The van der Waals surface area contributed by atoms with E-state index in [9.17, 15) is 4.39 Å². The standard InChI is InChI=1S/C21H25FN2/c1-2-18-6-3-4-14-23(18)24-15-13-20-19(7-5-8-21(20)24)16-9-11-17(22)12-10-16/h5,7-12,18H,2-4,6,13-15H2,1H3. The number of rotatable bonds is 3. The minimum atomic E-state index is -0.174. The molecule has 4 rings (SSSR count). The molecule has 3 heteroatoms. The van der Waals surface area contributed by atoms with Gasteiger partial charge >= 0.3 is 0 Å². The highest BCUT2D eigenvalue weighted by Crippen LogP contribution is 2.38. The number of halogens is 1. The van der Waals surface area contributed by atoms with Crippen molar-refractivity contribution in [1.29, 1.82) is 0 Å². The molecule has 0 N–H and O–H groups in total. The lowest BCUT2D eigenvalue weighted by Gasteiger charge is -2.42. The van der Waals surface area contributed by atoms with Crippen molar-refractivity contribution in [2.45, 2.75) is 45.1 Å². The highest BCUT2D eigenvalue weighted by molar-refractivity contribution is 5.76. The second-order valence-electron chi connectivity index (χ2n) is 6.90. The van der Waals surface area contributed by atoms with Crippen molar-refractivity contribution in [1.82, 2.24) is 5.01 Å². The van der Waals surface area contributed by atoms with Crippen LogP contribution in [-0.4, -0.2) is 24.1 Å². The minimum Gasteiger partial charge on any atom is -0.305 e. The maximum absolute atomic E-state index is 13.2. The highest BCUT2D eigenvalue weighted by atomic mass is 19.1. The molecule has 1 atom stereocenters. The molecule has 0 amide bonds. The molecule has 126 valence electrons. The van der Waals surface area contributed by atoms with Gasteiger partial charge in [0.15, 0.2) is 0 Å². The predicted molar refractivity (Wildman–Crippen MR) is 97.5 cm³/mol. The van der Waals surface area contributed by atoms with E-state index >= 15 is 0 Å². The molecule has 0 aliphatic carbocycles. The molecular formula is C21H25FN2. The smallest absolute Gasteiger partial charge is 0.123 e. The number of hydrazine groups is 1. The molecular weight excluding hydrogens is 299 g/mol. The molecule has 2 aliphatic rings. The van der Waals surface area contributed by atoms with Gasteiger partial charge in [-0.3, -0.25) is 0 Å². The second kappa shape index (κ2) is 6.56. The molecule has 0 aromatic heterocycles. The Hall–Kier alpha value is -1.87. The van der Waals surface area contributed by atoms with E-state index in [0.717, 1.165) is 18.5 Å². The average molecular weight is 324 g/mol. The van der Waals surface area contributed by atoms with Crippen molar-refractivity contribution in [3.8, 4) is 11.1 Å². The van der Waals surface area contributed by atoms with Crippen LogP contribution in [0.2, 0.25) is 0 Å². The van der Waals surface area contributed by atoms with Crippen LogP contribution < -0.4 is 5.01 Å². The maximum Gasteiger partial charge on any atom is 0.123 e. The van der Waals surface area contributed by atoms with Crippen molar-refractivity contribution in [2.75, 3.05) is 18.1 Å². The van der Waals surface area contributed by atoms with Gasteiger partial charge in [0.2, 0.25) is 0 Å². The van der Waals surface area contributed by atoms with E-state index in [-0.39, 0.29) is 5.82 Å². The topological polar surface area (TPSA) is 6.48 Å². The number of benzene rings is 2. The summed E-state index contributed by atoms with van der Waals surface area (Å²) in [6.45, 7) is 4.53. The summed E-state index contributed by atoms with van der Waals surface area (Å²) in [6, 6.07) is 14.1. The van der Waals surface area contributed by atoms with E-state index in [4.69, 9.17) is 0 Å². The van der Waals surface area contributed by atoms with Gasteiger partial charge in [0.1, 0.15) is 5.82 Å². The molecule has 1 fully saturated rings. The molecule has 0 saturated carbocycles. The summed E-state index contributed by atoms with van der Waals surface area (Å²) in [7, 11) is 0. The van der Waals surface area contributed by atoms with Gasteiger partial charge in [0.05, 0.1) is 5.69 Å². The van der Waals surface area contributed by atoms with E-state index in [1.54, 1.807) is 12.1 Å². The molecule has 0 spiro atoms. The number of nitrogens with zero attached hydrogens (tertiary/aromatic N) is 2. The van der Waals surface area contributed by atoms with Gasteiger partial charge in [-0.25, -0.2) is 9.40 Å². The first-order valence-corrected chi connectivity index (χ1v) is 9.20. The van der Waals surface area contributed by atoms with Crippen LogP contribution in [0.4, 0.5) is 10.1 Å². The number of fused-ring (bicyclic) bond motifs is 1. The lowest BCUT2D eigenvalue weighted by atomic mass is 9.98. The lowest BCUT2D eigenvalue weighted by Crippen LogP contribution is -2.50. The van der Waals surface area contributed by atoms with Gasteiger partial charge in [-0.2, -0.15) is 0 Å². The molecule has 0 bridgehead atoms. The largest absolute Gasteiger partial charge is 0.305 e. The molecule has 1 unspecified atom stereocenters. The third-order valence-electron chi connectivity index (χ3n) is 5.54. The van der Waals surface area contributed by atoms with E-state index in [2.05, 4.69) is 35.1 Å². The van der Waals surface area contributed by atoms with Gasteiger partial charge in [0, 0.05) is 19.1 Å². The average Bonchev–Trinajstić information content (AvgIpc) is 3.06. The zero-order valence-electron chi connectivity index (χ0n) is 14.3. The zero-order valence-corrected chi connectivity index (χ0v) is 14.3. The predicted octanol–water partition coefficient (Wildman–Crippen LogP) is 5.03. The van der Waals surface area contributed by atoms with Gasteiger partial charge in [0.25, 0.3) is 0 Å². The van der Waals surface area contributed by atoms with E-state index in [0.29, 0.717) is 6.04 Å². The van der Waals surface area contributed by atoms with Crippen molar-refractivity contribution in [3.05, 3.63) is 53.8 Å². The van der Waals surface area contributed by atoms with Gasteiger partial charge in [-0.15, -0.1) is 0 Å². The van der Waals surface area contributed by atoms with Gasteiger partial charge in [-0.1, -0.05) is 37.6 Å². The lowest BCUT2D eigenvalue weighted by molar-refractivity contribution is 0.131. The van der Waals surface area contributed by atoms with Crippen LogP contribution in [0, 0.1) is 5.82 Å². The van der Waals surface area contributed by atoms with Crippen molar-refractivity contribution >= 4 is 5.69 Å². The Morgan fingerprint density at radius 3 is 2.67 bits per heavy atom. The van der Waals surface area contributed by atoms with Crippen molar-refractivity contribution in [2.24, 2.45) is 0 Å². The maximum atomic E-state index is 13.2. The summed E-state index contributed by atoms with van der Waals surface area (Å²) in [5.74, 6) is -0.174. The Morgan fingerprint density at radius 2 is 1.88 bits per heavy atom. The molecule has 24 heavy (non-hydrogen) atoms. The van der Waals surface area contributed by atoms with Crippen molar-refractivity contribution < 1.29 is 4.39 Å². The third kappa shape index (κ3) is 2.71. The first-order valence-electron chi connectivity index (χ1n) is 9.20.